The van der Waals surface area contributed by atoms with Gasteiger partial charge in [-0.1, -0.05) is 23.7 Å². The Bertz CT molecular complexity index is 890. The van der Waals surface area contributed by atoms with Gasteiger partial charge < -0.3 is 10.1 Å². The van der Waals surface area contributed by atoms with Gasteiger partial charge in [0.1, 0.15) is 0 Å². The van der Waals surface area contributed by atoms with Crippen LogP contribution in [0.2, 0.25) is 5.02 Å². The molecule has 0 spiro atoms. The zero-order valence-electron chi connectivity index (χ0n) is 16.2. The predicted octanol–water partition coefficient (Wildman–Crippen LogP) is 3.66. The van der Waals surface area contributed by atoms with E-state index in [2.05, 4.69) is 5.32 Å². The van der Waals surface area contributed by atoms with Crippen LogP contribution in [0.5, 0.6) is 0 Å². The number of Topliss-reactive ketones (excluding diaryl/α,β-unsaturated/α-hetero) is 1. The number of esters is 1. The Labute approximate surface area is 174 Å². The van der Waals surface area contributed by atoms with E-state index in [4.69, 9.17) is 16.3 Å². The van der Waals surface area contributed by atoms with Gasteiger partial charge >= 0.3 is 5.97 Å². The average molecular weight is 415 g/mol. The first-order valence-corrected chi connectivity index (χ1v) is 9.85. The fourth-order valence-electron chi connectivity index (χ4n) is 3.48. The minimum Gasteiger partial charge on any atom is -0.465 e. The molecule has 0 atom stereocenters. The van der Waals surface area contributed by atoms with Gasteiger partial charge in [-0.25, -0.2) is 4.79 Å². The summed E-state index contributed by atoms with van der Waals surface area (Å²) in [5.74, 6) is -0.625. The van der Waals surface area contributed by atoms with Gasteiger partial charge in [-0.05, 0) is 62.3 Å². The lowest BCUT2D eigenvalue weighted by molar-refractivity contribution is -0.117. The second kappa shape index (κ2) is 9.67. The number of anilines is 1. The minimum absolute atomic E-state index is 0.0458. The Kier molecular flexibility index (Phi) is 7.01. The first-order valence-electron chi connectivity index (χ1n) is 9.47. The lowest BCUT2D eigenvalue weighted by Crippen LogP contribution is -2.40. The van der Waals surface area contributed by atoms with Gasteiger partial charge in [0.05, 0.1) is 24.9 Å². The van der Waals surface area contributed by atoms with E-state index in [-0.39, 0.29) is 24.2 Å². The first-order chi connectivity index (χ1) is 14.0. The number of ether oxygens (including phenoxy) is 1. The molecular weight excluding hydrogens is 392 g/mol. The molecule has 6 nitrogen and oxygen atoms in total. The minimum atomic E-state index is -0.498. The number of hydrogen-bond donors (Lipinski definition) is 1. The smallest absolute Gasteiger partial charge is 0.339 e. The molecule has 7 heteroatoms. The van der Waals surface area contributed by atoms with Crippen molar-refractivity contribution in [3.05, 3.63) is 64.7 Å². The summed E-state index contributed by atoms with van der Waals surface area (Å²) in [6.45, 7) is 1.53. The van der Waals surface area contributed by atoms with Crippen LogP contribution >= 0.6 is 11.6 Å². The van der Waals surface area contributed by atoms with Gasteiger partial charge in [-0.15, -0.1) is 0 Å². The zero-order valence-corrected chi connectivity index (χ0v) is 16.9. The number of methoxy groups -OCH3 is 1. The van der Waals surface area contributed by atoms with Gasteiger partial charge in [0.2, 0.25) is 5.91 Å². The number of nitrogens with zero attached hydrogens (tertiary/aromatic N) is 1. The highest BCUT2D eigenvalue weighted by molar-refractivity contribution is 6.30. The number of piperidine rings is 1. The normalized spacial score (nSPS) is 15.0. The summed E-state index contributed by atoms with van der Waals surface area (Å²) < 4.78 is 4.75. The third kappa shape index (κ3) is 5.43. The largest absolute Gasteiger partial charge is 0.465 e. The van der Waals surface area contributed by atoms with E-state index in [0.717, 1.165) is 0 Å². The standard InChI is InChI=1S/C22H23ClN2O4/c1-29-22(28)18-4-2-3-5-19(18)24-20(26)14-25-12-10-16(11-13-25)21(27)15-6-8-17(23)9-7-15/h2-9,16H,10-14H2,1H3,(H,24,26). The summed E-state index contributed by atoms with van der Waals surface area (Å²) >= 11 is 5.88. The summed E-state index contributed by atoms with van der Waals surface area (Å²) in [5, 5.41) is 3.38. The summed E-state index contributed by atoms with van der Waals surface area (Å²) in [6.07, 6.45) is 1.40. The van der Waals surface area contributed by atoms with Gasteiger partial charge in [-0.2, -0.15) is 0 Å². The second-order valence-electron chi connectivity index (χ2n) is 7.01. The summed E-state index contributed by atoms with van der Waals surface area (Å²) in [6, 6.07) is 13.7. The van der Waals surface area contributed by atoms with Crippen LogP contribution < -0.4 is 5.32 Å². The van der Waals surface area contributed by atoms with Crippen LogP contribution in [0.1, 0.15) is 33.6 Å². The summed E-state index contributed by atoms with van der Waals surface area (Å²) in [7, 11) is 1.30. The molecule has 1 saturated heterocycles. The molecule has 2 aromatic carbocycles. The topological polar surface area (TPSA) is 75.7 Å². The number of halogens is 1. The molecule has 152 valence electrons. The number of nitrogens with one attached hydrogen (secondary N) is 1. The maximum atomic E-state index is 12.6. The Morgan fingerprint density at radius 2 is 1.72 bits per heavy atom. The molecule has 0 radical (unpaired) electrons. The number of rotatable bonds is 6. The molecule has 0 aliphatic carbocycles. The van der Waals surface area contributed by atoms with Crippen molar-refractivity contribution in [3.63, 3.8) is 0 Å². The molecular formula is C22H23ClN2O4. The van der Waals surface area contributed by atoms with Crippen LogP contribution in [0.4, 0.5) is 5.69 Å². The molecule has 0 saturated carbocycles. The molecule has 0 unspecified atom stereocenters. The predicted molar refractivity (Wildman–Crippen MR) is 111 cm³/mol. The van der Waals surface area contributed by atoms with Crippen molar-refractivity contribution < 1.29 is 19.1 Å². The zero-order chi connectivity index (χ0) is 20.8. The highest BCUT2D eigenvalue weighted by Gasteiger charge is 2.27. The van der Waals surface area contributed by atoms with Gasteiger partial charge in [-0.3, -0.25) is 14.5 Å². The second-order valence-corrected chi connectivity index (χ2v) is 7.44. The van der Waals surface area contributed by atoms with Crippen LogP contribution in [0.15, 0.2) is 48.5 Å². The number of benzene rings is 2. The molecule has 29 heavy (non-hydrogen) atoms. The van der Waals surface area contributed by atoms with Crippen LogP contribution in [0.25, 0.3) is 0 Å². The van der Waals surface area contributed by atoms with Crippen molar-refractivity contribution in [1.29, 1.82) is 0 Å². The Hall–Kier alpha value is -2.70. The number of ketones is 1. The van der Waals surface area contributed by atoms with Crippen molar-refractivity contribution in [2.24, 2.45) is 5.92 Å². The van der Waals surface area contributed by atoms with Crippen molar-refractivity contribution in [1.82, 2.24) is 4.90 Å². The number of hydrogen-bond acceptors (Lipinski definition) is 5. The van der Waals surface area contributed by atoms with Crippen molar-refractivity contribution in [2.45, 2.75) is 12.8 Å². The van der Waals surface area contributed by atoms with E-state index in [9.17, 15) is 14.4 Å². The third-order valence-corrected chi connectivity index (χ3v) is 5.31. The fourth-order valence-corrected chi connectivity index (χ4v) is 3.60. The lowest BCUT2D eigenvalue weighted by Gasteiger charge is -2.30. The maximum Gasteiger partial charge on any atom is 0.339 e. The Morgan fingerprint density at radius 3 is 2.38 bits per heavy atom. The summed E-state index contributed by atoms with van der Waals surface area (Å²) in [5.41, 5.74) is 1.41. The van der Waals surface area contributed by atoms with E-state index in [1.165, 1.54) is 7.11 Å². The number of para-hydroxylation sites is 1. The number of likely N-dealkylation sites (tertiary alicyclic amines) is 1. The van der Waals surface area contributed by atoms with E-state index in [0.29, 0.717) is 47.8 Å². The van der Waals surface area contributed by atoms with Crippen LogP contribution in [0.3, 0.4) is 0 Å². The van der Waals surface area contributed by atoms with Crippen LogP contribution in [0, 0.1) is 5.92 Å². The van der Waals surface area contributed by atoms with E-state index in [1.807, 2.05) is 4.90 Å². The van der Waals surface area contributed by atoms with Gasteiger partial charge in [0.15, 0.2) is 5.78 Å². The van der Waals surface area contributed by atoms with Crippen molar-refractivity contribution >= 4 is 34.9 Å². The molecule has 0 bridgehead atoms. The molecule has 1 amide bonds. The average Bonchev–Trinajstić information content (AvgIpc) is 2.74. The van der Waals surface area contributed by atoms with Crippen LogP contribution in [-0.4, -0.2) is 49.3 Å². The summed E-state index contributed by atoms with van der Waals surface area (Å²) in [4.78, 5) is 38.9. The number of carbonyl (C=O) groups is 3. The first kappa shape index (κ1) is 21.0. The quantitative estimate of drug-likeness (QED) is 0.576. The molecule has 0 aromatic heterocycles. The maximum absolute atomic E-state index is 12.6. The molecule has 2 aromatic rings. The molecule has 1 N–H and O–H groups in total. The fraction of sp³-hybridized carbons (Fsp3) is 0.318. The molecule has 1 aliphatic rings. The van der Waals surface area contributed by atoms with Crippen LogP contribution in [-0.2, 0) is 9.53 Å². The van der Waals surface area contributed by atoms with Gasteiger partial charge in [0.25, 0.3) is 0 Å². The van der Waals surface area contributed by atoms with Crippen molar-refractivity contribution in [3.8, 4) is 0 Å². The Balaban J connectivity index is 1.52. The van der Waals surface area contributed by atoms with E-state index in [1.54, 1.807) is 48.5 Å². The molecule has 3 rings (SSSR count). The van der Waals surface area contributed by atoms with E-state index < -0.39 is 5.97 Å². The van der Waals surface area contributed by atoms with Crippen molar-refractivity contribution in [2.75, 3.05) is 32.1 Å². The third-order valence-electron chi connectivity index (χ3n) is 5.06. The SMILES string of the molecule is COC(=O)c1ccccc1NC(=O)CN1CCC(C(=O)c2ccc(Cl)cc2)CC1. The lowest BCUT2D eigenvalue weighted by atomic mass is 9.89. The van der Waals surface area contributed by atoms with Gasteiger partial charge in [0, 0.05) is 16.5 Å². The highest BCUT2D eigenvalue weighted by atomic mass is 35.5. The monoisotopic (exact) mass is 414 g/mol. The highest BCUT2D eigenvalue weighted by Crippen LogP contribution is 2.23. The molecule has 1 fully saturated rings. The Morgan fingerprint density at radius 1 is 1.07 bits per heavy atom. The number of amides is 1. The number of carbonyl (C=O) groups excluding carboxylic acids is 3. The van der Waals surface area contributed by atoms with E-state index >= 15 is 0 Å². The molecule has 1 heterocycles. The molecule has 1 aliphatic heterocycles.